The molecule has 0 saturated carbocycles. The second-order valence-corrected chi connectivity index (χ2v) is 6.51. The van der Waals surface area contributed by atoms with E-state index in [-0.39, 0.29) is 12.3 Å². The topological polar surface area (TPSA) is 73.0 Å². The van der Waals surface area contributed by atoms with Crippen molar-refractivity contribution in [1.82, 2.24) is 20.1 Å². The number of carbonyl (C=O) groups is 1. The molecule has 0 radical (unpaired) electrons. The lowest BCUT2D eigenvalue weighted by Crippen LogP contribution is -2.27. The maximum atomic E-state index is 12.0. The van der Waals surface area contributed by atoms with Crippen LogP contribution in [0.3, 0.4) is 0 Å². The van der Waals surface area contributed by atoms with Crippen LogP contribution in [0.4, 0.5) is 0 Å². The second-order valence-electron chi connectivity index (χ2n) is 5.65. The molecule has 7 heteroatoms. The van der Waals surface area contributed by atoms with Crippen molar-refractivity contribution in [3.8, 4) is 10.8 Å². The lowest BCUT2D eigenvalue weighted by atomic mass is 10.3. The number of hydrogen-bond acceptors (Lipinski definition) is 5. The van der Waals surface area contributed by atoms with Crippen molar-refractivity contribution >= 4 is 17.2 Å². The molecule has 3 rings (SSSR count). The Morgan fingerprint density at radius 1 is 1.42 bits per heavy atom. The molecule has 0 aromatic carbocycles. The molecule has 3 aromatic heterocycles. The Hall–Kier alpha value is -2.41. The Morgan fingerprint density at radius 3 is 3.00 bits per heavy atom. The van der Waals surface area contributed by atoms with Gasteiger partial charge in [-0.3, -0.25) is 9.48 Å². The van der Waals surface area contributed by atoms with Gasteiger partial charge in [-0.25, -0.2) is 4.98 Å². The fourth-order valence-corrected chi connectivity index (χ4v) is 3.27. The highest BCUT2D eigenvalue weighted by atomic mass is 32.1. The summed E-state index contributed by atoms with van der Waals surface area (Å²) in [6, 6.07) is 5.74. The number of aryl methyl sites for hydroxylation is 3. The van der Waals surface area contributed by atoms with Crippen LogP contribution >= 0.6 is 11.3 Å². The van der Waals surface area contributed by atoms with E-state index in [0.29, 0.717) is 6.54 Å². The zero-order valence-corrected chi connectivity index (χ0v) is 14.6. The third-order valence-electron chi connectivity index (χ3n) is 3.60. The molecule has 0 unspecified atom stereocenters. The van der Waals surface area contributed by atoms with Crippen LogP contribution in [-0.2, 0) is 17.8 Å². The molecule has 3 aromatic rings. The van der Waals surface area contributed by atoms with Crippen LogP contribution in [0.5, 0.6) is 0 Å². The summed E-state index contributed by atoms with van der Waals surface area (Å²) in [5.41, 5.74) is 2.93. The van der Waals surface area contributed by atoms with Gasteiger partial charge in [0.1, 0.15) is 0 Å². The predicted molar refractivity (Wildman–Crippen MR) is 92.8 cm³/mol. The highest BCUT2D eigenvalue weighted by molar-refractivity contribution is 7.13. The Kier molecular flexibility index (Phi) is 5.10. The van der Waals surface area contributed by atoms with Gasteiger partial charge < -0.3 is 9.73 Å². The summed E-state index contributed by atoms with van der Waals surface area (Å²) in [7, 11) is 0. The van der Waals surface area contributed by atoms with Crippen molar-refractivity contribution < 1.29 is 9.21 Å². The maximum Gasteiger partial charge on any atom is 0.226 e. The highest BCUT2D eigenvalue weighted by Gasteiger charge is 2.10. The monoisotopic (exact) mass is 344 g/mol. The maximum absolute atomic E-state index is 12.0. The minimum atomic E-state index is -0.0142. The number of thiazole rings is 1. The van der Waals surface area contributed by atoms with Crippen LogP contribution in [0.1, 0.15) is 23.5 Å². The molecule has 126 valence electrons. The molecule has 0 aliphatic rings. The van der Waals surface area contributed by atoms with Gasteiger partial charge in [-0.05, 0) is 38.5 Å². The molecule has 24 heavy (non-hydrogen) atoms. The first-order chi connectivity index (χ1) is 11.6. The van der Waals surface area contributed by atoms with E-state index in [4.69, 9.17) is 4.42 Å². The van der Waals surface area contributed by atoms with Gasteiger partial charge in [0.05, 0.1) is 24.1 Å². The second kappa shape index (κ2) is 7.44. The smallest absolute Gasteiger partial charge is 0.226 e. The molecule has 0 saturated heterocycles. The summed E-state index contributed by atoms with van der Waals surface area (Å²) in [4.78, 5) is 16.4. The van der Waals surface area contributed by atoms with Gasteiger partial charge in [0, 0.05) is 24.2 Å². The standard InChI is InChI=1S/C17H20N4O2S/c1-12-9-13(2)21(20-12)7-4-6-18-16(22)10-14-11-24-17(19-14)15-5-3-8-23-15/h3,5,8-9,11H,4,6-7,10H2,1-2H3,(H,18,22). The van der Waals surface area contributed by atoms with Crippen LogP contribution in [0.25, 0.3) is 10.8 Å². The number of carbonyl (C=O) groups excluding carboxylic acids is 1. The molecule has 0 atom stereocenters. The number of aromatic nitrogens is 3. The van der Waals surface area contributed by atoms with Gasteiger partial charge in [0.2, 0.25) is 5.91 Å². The van der Waals surface area contributed by atoms with Crippen molar-refractivity contribution in [2.45, 2.75) is 33.2 Å². The first-order valence-electron chi connectivity index (χ1n) is 7.88. The van der Waals surface area contributed by atoms with E-state index in [0.717, 1.165) is 40.8 Å². The summed E-state index contributed by atoms with van der Waals surface area (Å²) in [6.45, 7) is 5.46. The fraction of sp³-hybridized carbons (Fsp3) is 0.353. The number of nitrogens with zero attached hydrogens (tertiary/aromatic N) is 3. The number of furan rings is 1. The Balaban J connectivity index is 1.42. The number of rotatable bonds is 7. The fourth-order valence-electron chi connectivity index (χ4n) is 2.49. The zero-order valence-electron chi connectivity index (χ0n) is 13.8. The third kappa shape index (κ3) is 4.11. The van der Waals surface area contributed by atoms with E-state index in [1.165, 1.54) is 11.3 Å². The first kappa shape index (κ1) is 16.4. The highest BCUT2D eigenvalue weighted by Crippen LogP contribution is 2.23. The van der Waals surface area contributed by atoms with E-state index < -0.39 is 0 Å². The van der Waals surface area contributed by atoms with E-state index >= 15 is 0 Å². The number of nitrogens with one attached hydrogen (secondary N) is 1. The number of amides is 1. The van der Waals surface area contributed by atoms with E-state index in [2.05, 4.69) is 21.5 Å². The SMILES string of the molecule is Cc1cc(C)n(CCCNC(=O)Cc2csc(-c3ccco3)n2)n1. The first-order valence-corrected chi connectivity index (χ1v) is 8.76. The van der Waals surface area contributed by atoms with Crippen molar-refractivity contribution in [1.29, 1.82) is 0 Å². The molecule has 0 fully saturated rings. The average molecular weight is 344 g/mol. The van der Waals surface area contributed by atoms with Crippen LogP contribution < -0.4 is 5.32 Å². The Morgan fingerprint density at radius 2 is 2.29 bits per heavy atom. The summed E-state index contributed by atoms with van der Waals surface area (Å²) in [6.07, 6.45) is 2.76. The molecular formula is C17H20N4O2S. The molecule has 3 heterocycles. The summed E-state index contributed by atoms with van der Waals surface area (Å²) < 4.78 is 7.28. The van der Waals surface area contributed by atoms with E-state index in [1.807, 2.05) is 36.0 Å². The predicted octanol–water partition coefficient (Wildman–Crippen LogP) is 2.97. The van der Waals surface area contributed by atoms with Gasteiger partial charge >= 0.3 is 0 Å². The van der Waals surface area contributed by atoms with Gasteiger partial charge in [0.15, 0.2) is 10.8 Å². The van der Waals surface area contributed by atoms with Crippen molar-refractivity contribution in [3.05, 3.63) is 46.9 Å². The van der Waals surface area contributed by atoms with E-state index in [9.17, 15) is 4.79 Å². The number of hydrogen-bond donors (Lipinski definition) is 1. The van der Waals surface area contributed by atoms with Crippen molar-refractivity contribution in [2.24, 2.45) is 0 Å². The van der Waals surface area contributed by atoms with Crippen molar-refractivity contribution in [3.63, 3.8) is 0 Å². The largest absolute Gasteiger partial charge is 0.462 e. The van der Waals surface area contributed by atoms with Crippen molar-refractivity contribution in [2.75, 3.05) is 6.54 Å². The van der Waals surface area contributed by atoms with Gasteiger partial charge in [-0.1, -0.05) is 0 Å². The molecule has 6 nitrogen and oxygen atoms in total. The molecule has 0 aliphatic carbocycles. The molecule has 0 spiro atoms. The minimum absolute atomic E-state index is 0.0142. The summed E-state index contributed by atoms with van der Waals surface area (Å²) in [5.74, 6) is 0.719. The quantitative estimate of drug-likeness (QED) is 0.669. The molecular weight excluding hydrogens is 324 g/mol. The van der Waals surface area contributed by atoms with Crippen LogP contribution in [0, 0.1) is 13.8 Å². The van der Waals surface area contributed by atoms with Gasteiger partial charge in [-0.15, -0.1) is 11.3 Å². The minimum Gasteiger partial charge on any atom is -0.462 e. The summed E-state index contributed by atoms with van der Waals surface area (Å²) in [5, 5.41) is 10.0. The molecule has 0 aliphatic heterocycles. The average Bonchev–Trinajstić information content (AvgIpc) is 3.25. The molecule has 1 amide bonds. The zero-order chi connectivity index (χ0) is 16.9. The Bertz CT molecular complexity index is 805. The summed E-state index contributed by atoms with van der Waals surface area (Å²) >= 11 is 1.48. The van der Waals surface area contributed by atoms with Gasteiger partial charge in [0.25, 0.3) is 0 Å². The third-order valence-corrected chi connectivity index (χ3v) is 4.50. The van der Waals surface area contributed by atoms with Crippen LogP contribution in [-0.4, -0.2) is 27.2 Å². The lowest BCUT2D eigenvalue weighted by molar-refractivity contribution is -0.120. The van der Waals surface area contributed by atoms with Crippen LogP contribution in [0.15, 0.2) is 34.3 Å². The Labute approximate surface area is 144 Å². The molecule has 0 bridgehead atoms. The normalized spacial score (nSPS) is 10.9. The lowest BCUT2D eigenvalue weighted by Gasteiger charge is -2.06. The molecule has 1 N–H and O–H groups in total. The van der Waals surface area contributed by atoms with E-state index in [1.54, 1.807) is 6.26 Å². The van der Waals surface area contributed by atoms with Crippen LogP contribution in [0.2, 0.25) is 0 Å². The van der Waals surface area contributed by atoms with Gasteiger partial charge in [-0.2, -0.15) is 5.10 Å².